The second-order valence-electron chi connectivity index (χ2n) is 5.79. The van der Waals surface area contributed by atoms with Crippen LogP contribution in [0.3, 0.4) is 0 Å². The van der Waals surface area contributed by atoms with E-state index in [1.165, 1.54) is 18.5 Å². The van der Waals surface area contributed by atoms with E-state index >= 15 is 0 Å². The molecule has 1 aromatic rings. The van der Waals surface area contributed by atoms with Gasteiger partial charge in [0, 0.05) is 13.1 Å². The molecular weight excluding hydrogens is 318 g/mol. The van der Waals surface area contributed by atoms with E-state index in [4.69, 9.17) is 9.47 Å². The van der Waals surface area contributed by atoms with E-state index in [0.29, 0.717) is 31.7 Å². The Hall–Kier alpha value is -1.60. The molecule has 6 nitrogen and oxygen atoms in total. The van der Waals surface area contributed by atoms with Crippen LogP contribution in [0.4, 0.5) is 0 Å². The smallest absolute Gasteiger partial charge is 0.308 e. The molecule has 7 heteroatoms. The fourth-order valence-corrected chi connectivity index (χ4v) is 4.45. The molecule has 1 heterocycles. The summed E-state index contributed by atoms with van der Waals surface area (Å²) in [4.78, 5) is 11.7. The highest BCUT2D eigenvalue weighted by Gasteiger charge is 2.34. The van der Waals surface area contributed by atoms with Crippen LogP contribution in [0.2, 0.25) is 0 Å². The topological polar surface area (TPSA) is 72.9 Å². The van der Waals surface area contributed by atoms with Crippen molar-refractivity contribution in [3.63, 3.8) is 0 Å². The maximum absolute atomic E-state index is 12.9. The van der Waals surface area contributed by atoms with Gasteiger partial charge in [-0.05, 0) is 49.9 Å². The summed E-state index contributed by atoms with van der Waals surface area (Å²) in [7, 11) is -0.826. The predicted molar refractivity (Wildman–Crippen MR) is 86.0 cm³/mol. The van der Waals surface area contributed by atoms with Gasteiger partial charge < -0.3 is 9.47 Å². The van der Waals surface area contributed by atoms with Crippen LogP contribution in [0.5, 0.6) is 5.75 Å². The minimum Gasteiger partial charge on any atom is -0.495 e. The normalized spacial score (nSPS) is 17.0. The third-order valence-electron chi connectivity index (χ3n) is 4.39. The van der Waals surface area contributed by atoms with Crippen LogP contribution in [-0.4, -0.2) is 46.0 Å². The van der Waals surface area contributed by atoms with Crippen molar-refractivity contribution in [3.8, 4) is 5.75 Å². The quantitative estimate of drug-likeness (QED) is 0.782. The van der Waals surface area contributed by atoms with Crippen molar-refractivity contribution >= 4 is 16.0 Å². The van der Waals surface area contributed by atoms with E-state index in [-0.39, 0.29) is 16.8 Å². The van der Waals surface area contributed by atoms with Crippen molar-refractivity contribution in [1.82, 2.24) is 4.31 Å². The van der Waals surface area contributed by atoms with Crippen molar-refractivity contribution in [1.29, 1.82) is 0 Å². The predicted octanol–water partition coefficient (Wildman–Crippen LogP) is 1.89. The fraction of sp³-hybridized carbons (Fsp3) is 0.562. The Bertz CT molecular complexity index is 691. The lowest BCUT2D eigenvalue weighted by molar-refractivity contribution is -0.146. The summed E-state index contributed by atoms with van der Waals surface area (Å²) in [5.41, 5.74) is 1.87. The van der Waals surface area contributed by atoms with Gasteiger partial charge in [0.05, 0.1) is 20.1 Å². The van der Waals surface area contributed by atoms with Gasteiger partial charge in [-0.3, -0.25) is 4.79 Å². The minimum absolute atomic E-state index is 0.180. The molecule has 0 unspecified atom stereocenters. The summed E-state index contributed by atoms with van der Waals surface area (Å²) in [6.07, 6.45) is 0.943. The van der Waals surface area contributed by atoms with Crippen molar-refractivity contribution in [2.75, 3.05) is 27.3 Å². The van der Waals surface area contributed by atoms with Crippen LogP contribution in [0.25, 0.3) is 0 Å². The van der Waals surface area contributed by atoms with E-state index in [9.17, 15) is 13.2 Å². The molecule has 128 valence electrons. The number of carbonyl (C=O) groups is 1. The summed E-state index contributed by atoms with van der Waals surface area (Å²) in [6, 6.07) is 3.39. The Labute approximate surface area is 137 Å². The van der Waals surface area contributed by atoms with E-state index in [1.54, 1.807) is 12.1 Å². The second-order valence-corrected chi connectivity index (χ2v) is 7.70. The summed E-state index contributed by atoms with van der Waals surface area (Å²) >= 11 is 0. The fourth-order valence-electron chi connectivity index (χ4n) is 2.76. The van der Waals surface area contributed by atoms with Crippen LogP contribution in [-0.2, 0) is 19.6 Å². The summed E-state index contributed by atoms with van der Waals surface area (Å²) < 4.78 is 37.2. The standard InChI is InChI=1S/C16H23NO5S/c1-11-9-14(21-3)15(10-12(11)2)23(19,20)17-7-5-13(6-8-17)16(18)22-4/h9-10,13H,5-8H2,1-4H3. The number of ether oxygens (including phenoxy) is 2. The Morgan fingerprint density at radius 3 is 2.22 bits per heavy atom. The molecule has 1 aromatic carbocycles. The summed E-state index contributed by atoms with van der Waals surface area (Å²) in [5, 5.41) is 0. The number of rotatable bonds is 4. The van der Waals surface area contributed by atoms with Crippen molar-refractivity contribution < 1.29 is 22.7 Å². The number of carbonyl (C=O) groups excluding carboxylic acids is 1. The number of esters is 1. The van der Waals surface area contributed by atoms with Gasteiger partial charge in [0.1, 0.15) is 10.6 Å². The Morgan fingerprint density at radius 2 is 1.70 bits per heavy atom. The van der Waals surface area contributed by atoms with E-state index in [1.807, 2.05) is 13.8 Å². The van der Waals surface area contributed by atoms with E-state index in [0.717, 1.165) is 11.1 Å². The van der Waals surface area contributed by atoms with E-state index in [2.05, 4.69) is 0 Å². The van der Waals surface area contributed by atoms with Gasteiger partial charge >= 0.3 is 5.97 Å². The molecule has 0 bridgehead atoms. The van der Waals surface area contributed by atoms with Gasteiger partial charge in [-0.1, -0.05) is 0 Å². The monoisotopic (exact) mass is 341 g/mol. The highest BCUT2D eigenvalue weighted by molar-refractivity contribution is 7.89. The third-order valence-corrected chi connectivity index (χ3v) is 6.31. The van der Waals surface area contributed by atoms with Crippen LogP contribution >= 0.6 is 0 Å². The molecule has 1 saturated heterocycles. The molecule has 0 aromatic heterocycles. The van der Waals surface area contributed by atoms with E-state index < -0.39 is 10.0 Å². The molecule has 23 heavy (non-hydrogen) atoms. The molecule has 0 amide bonds. The maximum atomic E-state index is 12.9. The molecule has 1 fully saturated rings. The number of hydrogen-bond donors (Lipinski definition) is 0. The molecule has 1 aliphatic rings. The Balaban J connectivity index is 2.27. The molecule has 0 aliphatic carbocycles. The van der Waals surface area contributed by atoms with Crippen molar-refractivity contribution in [2.24, 2.45) is 5.92 Å². The van der Waals surface area contributed by atoms with Gasteiger partial charge in [0.25, 0.3) is 0 Å². The van der Waals surface area contributed by atoms with Crippen molar-refractivity contribution in [2.45, 2.75) is 31.6 Å². The molecular formula is C16H23NO5S. The lowest BCUT2D eigenvalue weighted by Gasteiger charge is -2.30. The zero-order valence-electron chi connectivity index (χ0n) is 14.0. The van der Waals surface area contributed by atoms with Gasteiger partial charge in [-0.2, -0.15) is 4.31 Å². The lowest BCUT2D eigenvalue weighted by atomic mass is 9.99. The van der Waals surface area contributed by atoms with Crippen LogP contribution < -0.4 is 4.74 Å². The maximum Gasteiger partial charge on any atom is 0.308 e. The first-order chi connectivity index (χ1) is 10.8. The molecule has 0 spiro atoms. The Morgan fingerprint density at radius 1 is 1.13 bits per heavy atom. The first-order valence-corrected chi connectivity index (χ1v) is 8.98. The molecule has 0 N–H and O–H groups in total. The SMILES string of the molecule is COC(=O)C1CCN(S(=O)(=O)c2cc(C)c(C)cc2OC)CC1. The number of hydrogen-bond acceptors (Lipinski definition) is 5. The number of nitrogens with zero attached hydrogens (tertiary/aromatic N) is 1. The minimum atomic E-state index is -3.64. The highest BCUT2D eigenvalue weighted by atomic mass is 32.2. The largest absolute Gasteiger partial charge is 0.495 e. The average Bonchev–Trinajstić information content (AvgIpc) is 2.56. The van der Waals surface area contributed by atoms with Crippen LogP contribution in [0.1, 0.15) is 24.0 Å². The van der Waals surface area contributed by atoms with Crippen molar-refractivity contribution in [3.05, 3.63) is 23.3 Å². The number of sulfonamides is 1. The summed E-state index contributed by atoms with van der Waals surface area (Å²) in [6.45, 7) is 4.39. The zero-order valence-corrected chi connectivity index (χ0v) is 14.8. The van der Waals surface area contributed by atoms with Gasteiger partial charge in [-0.25, -0.2) is 8.42 Å². The van der Waals surface area contributed by atoms with Gasteiger partial charge in [0.2, 0.25) is 10.0 Å². The van der Waals surface area contributed by atoms with Gasteiger partial charge in [0.15, 0.2) is 0 Å². The Kier molecular flexibility index (Phi) is 5.31. The number of aryl methyl sites for hydroxylation is 2. The molecule has 2 rings (SSSR count). The third kappa shape index (κ3) is 3.50. The molecule has 0 saturated carbocycles. The first kappa shape index (κ1) is 17.7. The lowest BCUT2D eigenvalue weighted by Crippen LogP contribution is -2.40. The highest BCUT2D eigenvalue weighted by Crippen LogP contribution is 2.32. The number of benzene rings is 1. The van der Waals surface area contributed by atoms with Gasteiger partial charge in [-0.15, -0.1) is 0 Å². The molecule has 0 radical (unpaired) electrons. The number of piperidine rings is 1. The van der Waals surface area contributed by atoms with Crippen LogP contribution in [0.15, 0.2) is 17.0 Å². The average molecular weight is 341 g/mol. The molecule has 1 aliphatic heterocycles. The first-order valence-electron chi connectivity index (χ1n) is 7.54. The zero-order chi connectivity index (χ0) is 17.2. The van der Waals surface area contributed by atoms with Crippen LogP contribution in [0, 0.1) is 19.8 Å². The number of methoxy groups -OCH3 is 2. The molecule has 0 atom stereocenters. The summed E-state index contributed by atoms with van der Waals surface area (Å²) in [5.74, 6) is -0.151. The second kappa shape index (κ2) is 6.88.